The van der Waals surface area contributed by atoms with Crippen LogP contribution in [0.5, 0.6) is 0 Å². The second kappa shape index (κ2) is 7.01. The molecular weight excluding hydrogens is 359 g/mol. The summed E-state index contributed by atoms with van der Waals surface area (Å²) >= 11 is 0. The van der Waals surface area contributed by atoms with E-state index in [2.05, 4.69) is 0 Å². The normalized spacial score (nSPS) is 15.0. The summed E-state index contributed by atoms with van der Waals surface area (Å²) < 4.78 is 63.7. The lowest BCUT2D eigenvalue weighted by atomic mass is 10.00. The van der Waals surface area contributed by atoms with Gasteiger partial charge in [0.15, 0.2) is 0 Å². The number of carbonyl (C=O) groups excluding carboxylic acids is 1. The van der Waals surface area contributed by atoms with Crippen molar-refractivity contribution in [2.75, 3.05) is 20.1 Å². The van der Waals surface area contributed by atoms with Crippen LogP contribution in [0.15, 0.2) is 23.1 Å². The van der Waals surface area contributed by atoms with Gasteiger partial charge in [0.25, 0.3) is 0 Å². The summed E-state index contributed by atoms with van der Waals surface area (Å²) in [6.07, 6.45) is -4.71. The highest BCUT2D eigenvalue weighted by molar-refractivity contribution is 7.89. The van der Waals surface area contributed by atoms with Crippen molar-refractivity contribution >= 4 is 15.9 Å². The van der Waals surface area contributed by atoms with E-state index in [-0.39, 0.29) is 37.4 Å². The van der Waals surface area contributed by atoms with Gasteiger partial charge in [-0.15, -0.1) is 0 Å². The number of alkyl halides is 3. The zero-order valence-corrected chi connectivity index (χ0v) is 14.2. The summed E-state index contributed by atoms with van der Waals surface area (Å²) in [5.74, 6) is -1.93. The molecule has 0 fully saturated rings. The molecule has 0 aromatic heterocycles. The average molecular weight is 375 g/mol. The van der Waals surface area contributed by atoms with E-state index in [1.54, 1.807) is 6.07 Å². The van der Waals surface area contributed by atoms with Gasteiger partial charge >= 0.3 is 12.1 Å². The number of fused-ring (bicyclic) bond motifs is 1. The van der Waals surface area contributed by atoms with Gasteiger partial charge in [0, 0.05) is 33.1 Å². The Hall–Kier alpha value is -2.12. The lowest BCUT2D eigenvalue weighted by Gasteiger charge is -2.30. The van der Waals surface area contributed by atoms with Crippen molar-refractivity contribution in [3.05, 3.63) is 29.3 Å². The van der Waals surface area contributed by atoms with Crippen LogP contribution in [0.3, 0.4) is 0 Å². The molecule has 1 aliphatic heterocycles. The van der Waals surface area contributed by atoms with Crippen molar-refractivity contribution in [1.29, 1.82) is 5.26 Å². The van der Waals surface area contributed by atoms with Crippen LogP contribution in [0, 0.1) is 11.3 Å². The van der Waals surface area contributed by atoms with Crippen molar-refractivity contribution in [1.82, 2.24) is 9.21 Å². The van der Waals surface area contributed by atoms with E-state index in [9.17, 15) is 26.4 Å². The number of rotatable bonds is 4. The van der Waals surface area contributed by atoms with E-state index in [1.165, 1.54) is 19.2 Å². The number of hydrogen-bond donors (Lipinski definition) is 0. The highest BCUT2D eigenvalue weighted by Crippen LogP contribution is 2.27. The van der Waals surface area contributed by atoms with Gasteiger partial charge in [0.1, 0.15) is 0 Å². The number of halogens is 3. The molecule has 0 radical (unpaired) electrons. The Kier molecular flexibility index (Phi) is 5.39. The van der Waals surface area contributed by atoms with Crippen LogP contribution in [0.25, 0.3) is 0 Å². The molecule has 1 aromatic carbocycles. The topological polar surface area (TPSA) is 81.5 Å². The molecule has 1 heterocycles. The summed E-state index contributed by atoms with van der Waals surface area (Å²) in [6.45, 7) is -0.354. The fourth-order valence-corrected chi connectivity index (χ4v) is 3.78. The molecule has 0 N–H and O–H groups in total. The van der Waals surface area contributed by atoms with Crippen LogP contribution >= 0.6 is 0 Å². The smallest absolute Gasteiger partial charge is 0.330 e. The Balaban J connectivity index is 2.28. The third-order valence-corrected chi connectivity index (χ3v) is 5.82. The van der Waals surface area contributed by atoms with Crippen LogP contribution in [0.2, 0.25) is 0 Å². The molecule has 1 aliphatic rings. The average Bonchev–Trinajstić information content (AvgIpc) is 2.56. The molecule has 0 bridgehead atoms. The molecule has 0 atom stereocenters. The summed E-state index contributed by atoms with van der Waals surface area (Å²) in [6, 6.07) is 6.08. The largest absolute Gasteiger partial charge is 0.471 e. The van der Waals surface area contributed by atoms with Crippen LogP contribution < -0.4 is 0 Å². The van der Waals surface area contributed by atoms with Crippen molar-refractivity contribution < 1.29 is 26.4 Å². The Labute approximate surface area is 143 Å². The number of hydrogen-bond acceptors (Lipinski definition) is 4. The van der Waals surface area contributed by atoms with Gasteiger partial charge in [0.05, 0.1) is 11.0 Å². The predicted molar refractivity (Wildman–Crippen MR) is 81.7 cm³/mol. The first-order chi connectivity index (χ1) is 11.6. The number of benzene rings is 1. The minimum absolute atomic E-state index is 0.00853. The molecule has 0 spiro atoms. The van der Waals surface area contributed by atoms with Crippen LogP contribution in [0.4, 0.5) is 13.2 Å². The first kappa shape index (κ1) is 19.2. The van der Waals surface area contributed by atoms with Gasteiger partial charge in [0.2, 0.25) is 10.0 Å². The standard InChI is InChI=1S/C15H16F3N3O3S/c1-20(7-2-6-19)25(23,24)13-4-3-11-5-8-21(10-12(11)9-13)14(22)15(16,17)18/h3-4,9H,2,5,7-8,10H2,1H3. The van der Waals surface area contributed by atoms with Crippen molar-refractivity contribution in [3.8, 4) is 6.07 Å². The minimum Gasteiger partial charge on any atom is -0.330 e. The number of nitrogens with zero attached hydrogens (tertiary/aromatic N) is 3. The van der Waals surface area contributed by atoms with Gasteiger partial charge < -0.3 is 4.90 Å². The molecule has 10 heteroatoms. The third-order valence-electron chi connectivity index (χ3n) is 3.97. The first-order valence-electron chi connectivity index (χ1n) is 7.38. The zero-order valence-electron chi connectivity index (χ0n) is 13.4. The van der Waals surface area contributed by atoms with Crippen molar-refractivity contribution in [2.45, 2.75) is 30.5 Å². The third kappa shape index (κ3) is 4.11. The number of nitriles is 1. The Morgan fingerprint density at radius 3 is 2.64 bits per heavy atom. The lowest BCUT2D eigenvalue weighted by Crippen LogP contribution is -2.43. The van der Waals surface area contributed by atoms with E-state index < -0.39 is 22.1 Å². The lowest BCUT2D eigenvalue weighted by molar-refractivity contribution is -0.186. The monoisotopic (exact) mass is 375 g/mol. The maximum absolute atomic E-state index is 12.6. The van der Waals surface area contributed by atoms with E-state index in [1.807, 2.05) is 6.07 Å². The van der Waals surface area contributed by atoms with Gasteiger partial charge in [-0.2, -0.15) is 22.7 Å². The van der Waals surface area contributed by atoms with Gasteiger partial charge in [-0.05, 0) is 29.7 Å². The molecule has 6 nitrogen and oxygen atoms in total. The van der Waals surface area contributed by atoms with Crippen molar-refractivity contribution in [2.24, 2.45) is 0 Å². The predicted octanol–water partition coefficient (Wildman–Crippen LogP) is 1.67. The number of carbonyl (C=O) groups is 1. The quantitative estimate of drug-likeness (QED) is 0.802. The minimum atomic E-state index is -4.96. The van der Waals surface area contributed by atoms with E-state index in [0.717, 1.165) is 4.31 Å². The maximum Gasteiger partial charge on any atom is 0.471 e. The highest BCUT2D eigenvalue weighted by atomic mass is 32.2. The number of sulfonamides is 1. The van der Waals surface area contributed by atoms with Gasteiger partial charge in [-0.25, -0.2) is 8.42 Å². The maximum atomic E-state index is 12.6. The molecule has 1 aromatic rings. The first-order valence-corrected chi connectivity index (χ1v) is 8.82. The highest BCUT2D eigenvalue weighted by Gasteiger charge is 2.43. The summed E-state index contributed by atoms with van der Waals surface area (Å²) in [4.78, 5) is 12.0. The van der Waals surface area contributed by atoms with Gasteiger partial charge in [-0.1, -0.05) is 6.07 Å². The van der Waals surface area contributed by atoms with E-state index in [4.69, 9.17) is 5.26 Å². The zero-order chi connectivity index (χ0) is 18.8. The summed E-state index contributed by atoms with van der Waals surface area (Å²) in [5.41, 5.74) is 1.09. The Bertz CT molecular complexity index is 816. The molecule has 0 saturated heterocycles. The molecule has 0 aliphatic carbocycles. The van der Waals surface area contributed by atoms with Crippen molar-refractivity contribution in [3.63, 3.8) is 0 Å². The van der Waals surface area contributed by atoms with Crippen LogP contribution in [0.1, 0.15) is 17.5 Å². The van der Waals surface area contributed by atoms with E-state index >= 15 is 0 Å². The second-order valence-corrected chi connectivity index (χ2v) is 7.68. The molecule has 25 heavy (non-hydrogen) atoms. The van der Waals surface area contributed by atoms with Gasteiger partial charge in [-0.3, -0.25) is 4.79 Å². The molecule has 1 amide bonds. The number of amides is 1. The fraction of sp³-hybridized carbons (Fsp3) is 0.467. The summed E-state index contributed by atoms with van der Waals surface area (Å²) in [7, 11) is -2.53. The fourth-order valence-electron chi connectivity index (χ4n) is 2.55. The summed E-state index contributed by atoms with van der Waals surface area (Å²) in [5, 5.41) is 8.56. The molecule has 136 valence electrons. The Morgan fingerprint density at radius 1 is 1.36 bits per heavy atom. The second-order valence-electron chi connectivity index (χ2n) is 5.64. The Morgan fingerprint density at radius 2 is 2.04 bits per heavy atom. The molecule has 0 saturated carbocycles. The SMILES string of the molecule is CN(CCC#N)S(=O)(=O)c1ccc2c(c1)CN(C(=O)C(F)(F)F)CC2. The van der Waals surface area contributed by atoms with Crippen LogP contribution in [-0.4, -0.2) is 49.8 Å². The van der Waals surface area contributed by atoms with Crippen LogP contribution in [-0.2, 0) is 27.8 Å². The van der Waals surface area contributed by atoms with E-state index in [0.29, 0.717) is 16.0 Å². The molecule has 0 unspecified atom stereocenters. The molecular formula is C15H16F3N3O3S. The molecule has 2 rings (SSSR count).